The van der Waals surface area contributed by atoms with Gasteiger partial charge in [-0.2, -0.15) is 5.10 Å². The summed E-state index contributed by atoms with van der Waals surface area (Å²) in [6, 6.07) is -0.152. The number of hydrogen-bond donors (Lipinski definition) is 0. The molecule has 2 aromatic rings. The molecule has 0 N–H and O–H groups in total. The van der Waals surface area contributed by atoms with E-state index in [-0.39, 0.29) is 17.8 Å². The zero-order valence-corrected chi connectivity index (χ0v) is 14.5. The van der Waals surface area contributed by atoms with Gasteiger partial charge in [-0.25, -0.2) is 14.3 Å². The molecule has 0 bridgehead atoms. The summed E-state index contributed by atoms with van der Waals surface area (Å²) in [7, 11) is 3.07. The number of ether oxygens (including phenoxy) is 2. The van der Waals surface area contributed by atoms with Crippen molar-refractivity contribution in [2.75, 3.05) is 7.11 Å². The summed E-state index contributed by atoms with van der Waals surface area (Å²) in [5, 5.41) is 11.9. The fraction of sp³-hybridized carbons (Fsp3) is 0.562. The molecular weight excluding hydrogens is 326 g/mol. The van der Waals surface area contributed by atoms with Crippen LogP contribution in [0.25, 0.3) is 0 Å². The number of carbonyl (C=O) groups excluding carboxylic acids is 2. The molecular formula is C16H21N5O4. The molecule has 0 radical (unpaired) electrons. The van der Waals surface area contributed by atoms with Crippen molar-refractivity contribution in [2.45, 2.75) is 44.8 Å². The molecule has 2 heterocycles. The van der Waals surface area contributed by atoms with Crippen LogP contribution in [0.3, 0.4) is 0 Å². The average Bonchev–Trinajstić information content (AvgIpc) is 3.23. The van der Waals surface area contributed by atoms with Crippen LogP contribution in [0, 0.1) is 6.92 Å². The Morgan fingerprint density at radius 1 is 1.24 bits per heavy atom. The van der Waals surface area contributed by atoms with E-state index in [9.17, 15) is 9.59 Å². The van der Waals surface area contributed by atoms with Gasteiger partial charge in [0.2, 0.25) is 0 Å². The molecule has 3 rings (SSSR count). The van der Waals surface area contributed by atoms with Crippen LogP contribution in [0.2, 0.25) is 0 Å². The molecule has 1 aliphatic rings. The predicted octanol–water partition coefficient (Wildman–Crippen LogP) is 1.45. The Bertz CT molecular complexity index is 781. The van der Waals surface area contributed by atoms with E-state index in [2.05, 4.69) is 20.1 Å². The van der Waals surface area contributed by atoms with Gasteiger partial charge in [-0.05, 0) is 26.2 Å². The van der Waals surface area contributed by atoms with Gasteiger partial charge in [-0.3, -0.25) is 4.68 Å². The quantitative estimate of drug-likeness (QED) is 0.771. The van der Waals surface area contributed by atoms with Crippen molar-refractivity contribution in [3.05, 3.63) is 29.3 Å². The molecule has 0 amide bonds. The lowest BCUT2D eigenvalue weighted by molar-refractivity contribution is 0.00165. The maximum atomic E-state index is 12.5. The van der Waals surface area contributed by atoms with Gasteiger partial charge in [0.1, 0.15) is 11.7 Å². The van der Waals surface area contributed by atoms with Gasteiger partial charge in [-0.15, -0.1) is 5.10 Å². The molecule has 1 fully saturated rings. The lowest BCUT2D eigenvalue weighted by Gasteiger charge is -2.30. The summed E-state index contributed by atoms with van der Waals surface area (Å²) in [5.41, 5.74) is 1.35. The van der Waals surface area contributed by atoms with Crippen molar-refractivity contribution < 1.29 is 19.1 Å². The largest absolute Gasteiger partial charge is 0.464 e. The monoisotopic (exact) mass is 347 g/mol. The van der Waals surface area contributed by atoms with Crippen LogP contribution >= 0.6 is 0 Å². The van der Waals surface area contributed by atoms with Crippen LogP contribution in [-0.4, -0.2) is 49.9 Å². The topological polar surface area (TPSA) is 101 Å². The van der Waals surface area contributed by atoms with Crippen LogP contribution in [0.4, 0.5) is 0 Å². The lowest BCUT2D eigenvalue weighted by atomic mass is 9.92. The van der Waals surface area contributed by atoms with E-state index in [1.165, 1.54) is 19.5 Å². The standard InChI is InChI=1S/C16H21N5O4/c1-10-11(8-17-20(10)2)15(22)25-14-7-5-4-6-13(14)21-9-12(18-19-21)16(23)24-3/h8-9,13-14H,4-7H2,1-3H3/t13-,14-/m1/s1. The zero-order valence-electron chi connectivity index (χ0n) is 14.5. The SMILES string of the molecule is COC(=O)c1cn([C@@H]2CCCC[C@H]2OC(=O)c2cnn(C)c2C)nn1. The van der Waals surface area contributed by atoms with E-state index in [4.69, 9.17) is 4.74 Å². The second kappa shape index (κ2) is 7.04. The molecule has 2 aromatic heterocycles. The molecule has 9 heteroatoms. The number of aryl methyl sites for hydroxylation is 1. The Morgan fingerprint density at radius 2 is 2.00 bits per heavy atom. The Morgan fingerprint density at radius 3 is 2.68 bits per heavy atom. The summed E-state index contributed by atoms with van der Waals surface area (Å²) >= 11 is 0. The van der Waals surface area contributed by atoms with E-state index in [0.717, 1.165) is 31.4 Å². The molecule has 2 atom stereocenters. The maximum absolute atomic E-state index is 12.5. The third-order valence-corrected chi connectivity index (χ3v) is 4.63. The molecule has 1 saturated carbocycles. The Balaban J connectivity index is 1.77. The van der Waals surface area contributed by atoms with Gasteiger partial charge in [0.15, 0.2) is 5.69 Å². The van der Waals surface area contributed by atoms with E-state index in [1.807, 2.05) is 6.92 Å². The van der Waals surface area contributed by atoms with Crippen LogP contribution in [0.15, 0.2) is 12.4 Å². The molecule has 9 nitrogen and oxygen atoms in total. The lowest BCUT2D eigenvalue weighted by Crippen LogP contribution is -2.32. The highest BCUT2D eigenvalue weighted by molar-refractivity contribution is 5.90. The fourth-order valence-corrected chi connectivity index (χ4v) is 3.05. The highest BCUT2D eigenvalue weighted by Crippen LogP contribution is 2.31. The van der Waals surface area contributed by atoms with Crippen molar-refractivity contribution in [2.24, 2.45) is 7.05 Å². The minimum atomic E-state index is -0.540. The molecule has 1 aliphatic carbocycles. The van der Waals surface area contributed by atoms with Gasteiger partial charge in [0.25, 0.3) is 0 Å². The van der Waals surface area contributed by atoms with Gasteiger partial charge >= 0.3 is 11.9 Å². The number of hydrogen-bond acceptors (Lipinski definition) is 7. The minimum absolute atomic E-state index is 0.140. The summed E-state index contributed by atoms with van der Waals surface area (Å²) in [5.74, 6) is -0.933. The van der Waals surface area contributed by atoms with E-state index in [0.29, 0.717) is 5.56 Å². The normalized spacial score (nSPS) is 20.3. The highest BCUT2D eigenvalue weighted by Gasteiger charge is 2.32. The summed E-state index contributed by atoms with van der Waals surface area (Å²) in [6.07, 6.45) is 6.24. The van der Waals surface area contributed by atoms with Crippen LogP contribution in [0.5, 0.6) is 0 Å². The van der Waals surface area contributed by atoms with Gasteiger partial charge < -0.3 is 9.47 Å². The number of aromatic nitrogens is 5. The molecule has 0 aromatic carbocycles. The smallest absolute Gasteiger partial charge is 0.360 e. The molecule has 25 heavy (non-hydrogen) atoms. The number of esters is 2. The van der Waals surface area contributed by atoms with Crippen molar-refractivity contribution in [1.29, 1.82) is 0 Å². The molecule has 0 spiro atoms. The fourth-order valence-electron chi connectivity index (χ4n) is 3.05. The average molecular weight is 347 g/mol. The van der Waals surface area contributed by atoms with Gasteiger partial charge in [-0.1, -0.05) is 11.6 Å². The van der Waals surface area contributed by atoms with E-state index >= 15 is 0 Å². The third-order valence-electron chi connectivity index (χ3n) is 4.63. The van der Waals surface area contributed by atoms with Crippen LogP contribution in [0.1, 0.15) is 58.3 Å². The molecule has 0 saturated heterocycles. The van der Waals surface area contributed by atoms with Crippen molar-refractivity contribution in [3.8, 4) is 0 Å². The third kappa shape index (κ3) is 3.40. The predicted molar refractivity (Wildman–Crippen MR) is 86.0 cm³/mol. The minimum Gasteiger partial charge on any atom is -0.464 e. The zero-order chi connectivity index (χ0) is 18.0. The second-order valence-electron chi connectivity index (χ2n) is 6.14. The summed E-state index contributed by atoms with van der Waals surface area (Å²) in [6.45, 7) is 1.82. The Labute approximate surface area is 144 Å². The molecule has 0 unspecified atom stereocenters. The van der Waals surface area contributed by atoms with E-state index < -0.39 is 11.9 Å². The number of nitrogens with zero attached hydrogens (tertiary/aromatic N) is 5. The number of methoxy groups -OCH3 is 1. The van der Waals surface area contributed by atoms with Gasteiger partial charge in [0, 0.05) is 12.7 Å². The van der Waals surface area contributed by atoms with E-state index in [1.54, 1.807) is 16.4 Å². The first kappa shape index (κ1) is 17.1. The van der Waals surface area contributed by atoms with Crippen molar-refractivity contribution in [3.63, 3.8) is 0 Å². The van der Waals surface area contributed by atoms with Crippen molar-refractivity contribution >= 4 is 11.9 Å². The maximum Gasteiger partial charge on any atom is 0.360 e. The molecule has 0 aliphatic heterocycles. The Hall–Kier alpha value is -2.71. The highest BCUT2D eigenvalue weighted by atomic mass is 16.5. The first-order valence-electron chi connectivity index (χ1n) is 8.21. The number of carbonyl (C=O) groups is 2. The van der Waals surface area contributed by atoms with Crippen molar-refractivity contribution in [1.82, 2.24) is 24.8 Å². The number of rotatable bonds is 4. The summed E-state index contributed by atoms with van der Waals surface area (Å²) in [4.78, 5) is 24.0. The first-order chi connectivity index (χ1) is 12.0. The molecule has 134 valence electrons. The second-order valence-corrected chi connectivity index (χ2v) is 6.14. The first-order valence-corrected chi connectivity index (χ1v) is 8.21. The van der Waals surface area contributed by atoms with Gasteiger partial charge in [0.05, 0.1) is 25.5 Å². The van der Waals surface area contributed by atoms with Crippen LogP contribution < -0.4 is 0 Å². The summed E-state index contributed by atoms with van der Waals surface area (Å²) < 4.78 is 13.6. The Kier molecular flexibility index (Phi) is 4.82. The van der Waals surface area contributed by atoms with Crippen LogP contribution in [-0.2, 0) is 16.5 Å².